The van der Waals surface area contributed by atoms with Crippen molar-refractivity contribution in [3.63, 3.8) is 0 Å². The van der Waals surface area contributed by atoms with Crippen molar-refractivity contribution in [1.29, 1.82) is 0 Å². The van der Waals surface area contributed by atoms with Crippen molar-refractivity contribution in [1.82, 2.24) is 0 Å². The average molecular weight is 248 g/mol. The molecule has 0 unspecified atom stereocenters. The second-order valence-corrected chi connectivity index (χ2v) is 6.02. The fourth-order valence-electron chi connectivity index (χ4n) is 3.45. The molecule has 1 saturated heterocycles. The van der Waals surface area contributed by atoms with Gasteiger partial charge in [-0.2, -0.15) is 0 Å². The molecule has 1 aliphatic heterocycles. The van der Waals surface area contributed by atoms with E-state index in [-0.39, 0.29) is 17.1 Å². The van der Waals surface area contributed by atoms with Crippen LogP contribution in [0.5, 0.6) is 0 Å². The Labute approximate surface area is 108 Å². The zero-order chi connectivity index (χ0) is 12.8. The van der Waals surface area contributed by atoms with Gasteiger partial charge in [0, 0.05) is 12.3 Å². The van der Waals surface area contributed by atoms with Gasteiger partial charge in [0.1, 0.15) is 0 Å². The molecular formula is C15H20O3. The standard InChI is InChI=1S/C15H20O3/c1-11-9-15(4-3-13(16)12(11)10-15)6-5-14(2)17-7-8-18-14/h3-4,12H,1,5-10H2,2H3/t12-,15+/m1/s1. The van der Waals surface area contributed by atoms with Gasteiger partial charge in [-0.15, -0.1) is 0 Å². The zero-order valence-corrected chi connectivity index (χ0v) is 10.9. The topological polar surface area (TPSA) is 35.5 Å². The van der Waals surface area contributed by atoms with Gasteiger partial charge in [-0.1, -0.05) is 18.2 Å². The van der Waals surface area contributed by atoms with Crippen LogP contribution in [0.1, 0.15) is 32.6 Å². The maximum Gasteiger partial charge on any atom is 0.165 e. The molecule has 2 bridgehead atoms. The maximum absolute atomic E-state index is 11.7. The molecule has 98 valence electrons. The van der Waals surface area contributed by atoms with Gasteiger partial charge in [0.25, 0.3) is 0 Å². The molecule has 0 spiro atoms. The molecule has 18 heavy (non-hydrogen) atoms. The number of carbonyl (C=O) groups is 1. The maximum atomic E-state index is 11.7. The molecule has 3 nitrogen and oxygen atoms in total. The van der Waals surface area contributed by atoms with Crippen molar-refractivity contribution < 1.29 is 14.3 Å². The molecule has 3 rings (SSSR count). The Bertz CT molecular complexity index is 417. The Kier molecular flexibility index (Phi) is 2.72. The van der Waals surface area contributed by atoms with Gasteiger partial charge in [0.15, 0.2) is 11.6 Å². The molecule has 0 radical (unpaired) electrons. The van der Waals surface area contributed by atoms with Crippen LogP contribution in [0.4, 0.5) is 0 Å². The first kappa shape index (κ1) is 12.1. The summed E-state index contributed by atoms with van der Waals surface area (Å²) in [6, 6.07) is 0. The van der Waals surface area contributed by atoms with Gasteiger partial charge in [-0.3, -0.25) is 4.79 Å². The summed E-state index contributed by atoms with van der Waals surface area (Å²) < 4.78 is 11.3. The lowest BCUT2D eigenvalue weighted by molar-refractivity contribution is -0.150. The monoisotopic (exact) mass is 248 g/mol. The Balaban J connectivity index is 1.71. The van der Waals surface area contributed by atoms with Gasteiger partial charge in [0.2, 0.25) is 0 Å². The average Bonchev–Trinajstić information content (AvgIpc) is 2.88. The zero-order valence-electron chi connectivity index (χ0n) is 10.9. The minimum absolute atomic E-state index is 0.0632. The molecule has 1 heterocycles. The van der Waals surface area contributed by atoms with Crippen LogP contribution >= 0.6 is 0 Å². The van der Waals surface area contributed by atoms with Crippen molar-refractivity contribution >= 4 is 5.78 Å². The van der Waals surface area contributed by atoms with Gasteiger partial charge >= 0.3 is 0 Å². The third-order valence-corrected chi connectivity index (χ3v) is 4.60. The predicted molar refractivity (Wildman–Crippen MR) is 68.0 cm³/mol. The van der Waals surface area contributed by atoms with Crippen molar-refractivity contribution in [2.75, 3.05) is 13.2 Å². The molecule has 0 N–H and O–H groups in total. The van der Waals surface area contributed by atoms with E-state index < -0.39 is 5.79 Å². The summed E-state index contributed by atoms with van der Waals surface area (Å²) in [7, 11) is 0. The van der Waals surface area contributed by atoms with E-state index in [1.807, 2.05) is 6.92 Å². The Morgan fingerprint density at radius 3 is 2.83 bits per heavy atom. The number of hydrogen-bond donors (Lipinski definition) is 0. The highest BCUT2D eigenvalue weighted by Crippen LogP contribution is 2.52. The lowest BCUT2D eigenvalue weighted by atomic mass is 9.76. The first-order valence-corrected chi connectivity index (χ1v) is 6.71. The third-order valence-electron chi connectivity index (χ3n) is 4.60. The predicted octanol–water partition coefficient (Wildman–Crippen LogP) is 2.62. The lowest BCUT2D eigenvalue weighted by Gasteiger charge is -2.31. The molecule has 2 aliphatic carbocycles. The molecular weight excluding hydrogens is 228 g/mol. The number of hydrogen-bond acceptors (Lipinski definition) is 3. The summed E-state index contributed by atoms with van der Waals surface area (Å²) >= 11 is 0. The quantitative estimate of drug-likeness (QED) is 0.720. The fraction of sp³-hybridized carbons (Fsp3) is 0.667. The van der Waals surface area contributed by atoms with Crippen LogP contribution in [0.15, 0.2) is 24.3 Å². The summed E-state index contributed by atoms with van der Waals surface area (Å²) in [6.45, 7) is 7.45. The first-order valence-electron chi connectivity index (χ1n) is 6.71. The van der Waals surface area contributed by atoms with Gasteiger partial charge in [-0.05, 0) is 37.7 Å². The Hall–Kier alpha value is -0.930. The minimum atomic E-state index is -0.427. The van der Waals surface area contributed by atoms with Crippen LogP contribution in [0.2, 0.25) is 0 Å². The van der Waals surface area contributed by atoms with E-state index in [0.717, 1.165) is 31.3 Å². The number of rotatable bonds is 3. The smallest absolute Gasteiger partial charge is 0.165 e. The lowest BCUT2D eigenvalue weighted by Crippen LogP contribution is -2.29. The largest absolute Gasteiger partial charge is 0.348 e. The Morgan fingerprint density at radius 2 is 2.11 bits per heavy atom. The summed E-state index contributed by atoms with van der Waals surface area (Å²) in [5.41, 5.74) is 1.22. The second-order valence-electron chi connectivity index (χ2n) is 6.02. The molecule has 3 heteroatoms. The van der Waals surface area contributed by atoms with Gasteiger partial charge in [-0.25, -0.2) is 0 Å². The van der Waals surface area contributed by atoms with Gasteiger partial charge < -0.3 is 9.47 Å². The van der Waals surface area contributed by atoms with E-state index >= 15 is 0 Å². The summed E-state index contributed by atoms with van der Waals surface area (Å²) in [5.74, 6) is -0.135. The first-order chi connectivity index (χ1) is 8.52. The highest BCUT2D eigenvalue weighted by molar-refractivity contribution is 5.95. The van der Waals surface area contributed by atoms with E-state index in [2.05, 4.69) is 12.7 Å². The molecule has 0 aromatic heterocycles. The van der Waals surface area contributed by atoms with Gasteiger partial charge in [0.05, 0.1) is 13.2 Å². The molecule has 2 fully saturated rings. The van der Waals surface area contributed by atoms with Crippen molar-refractivity contribution in [3.05, 3.63) is 24.3 Å². The molecule has 2 atom stereocenters. The van der Waals surface area contributed by atoms with Crippen LogP contribution in [0.25, 0.3) is 0 Å². The normalized spacial score (nSPS) is 37.5. The van der Waals surface area contributed by atoms with Crippen molar-refractivity contribution in [2.24, 2.45) is 11.3 Å². The number of ketones is 1. The summed E-state index contributed by atoms with van der Waals surface area (Å²) in [6.07, 6.45) is 7.61. The number of carbonyl (C=O) groups excluding carboxylic acids is 1. The van der Waals surface area contributed by atoms with Crippen LogP contribution < -0.4 is 0 Å². The van der Waals surface area contributed by atoms with E-state index in [9.17, 15) is 4.79 Å². The second kappa shape index (κ2) is 4.04. The molecule has 0 aromatic carbocycles. The number of ether oxygens (including phenoxy) is 2. The summed E-state index contributed by atoms with van der Waals surface area (Å²) in [5, 5.41) is 0. The number of allylic oxidation sites excluding steroid dienone is 3. The van der Waals surface area contributed by atoms with Crippen LogP contribution in [-0.2, 0) is 14.3 Å². The van der Waals surface area contributed by atoms with E-state index in [0.29, 0.717) is 13.2 Å². The fourth-order valence-corrected chi connectivity index (χ4v) is 3.45. The number of fused-ring (bicyclic) bond motifs is 2. The van der Waals surface area contributed by atoms with Crippen LogP contribution in [0.3, 0.4) is 0 Å². The van der Waals surface area contributed by atoms with Crippen LogP contribution in [0, 0.1) is 11.3 Å². The third kappa shape index (κ3) is 1.95. The van der Waals surface area contributed by atoms with E-state index in [4.69, 9.17) is 9.47 Å². The highest BCUT2D eigenvalue weighted by atomic mass is 16.7. The van der Waals surface area contributed by atoms with E-state index in [1.165, 1.54) is 0 Å². The SMILES string of the molecule is C=C1C[C@@]2(CCC3(C)OCCO3)C=CC(=O)[C@@H]1C2. The van der Waals surface area contributed by atoms with Crippen molar-refractivity contribution in [3.8, 4) is 0 Å². The van der Waals surface area contributed by atoms with Crippen molar-refractivity contribution in [2.45, 2.75) is 38.4 Å². The van der Waals surface area contributed by atoms with E-state index in [1.54, 1.807) is 6.08 Å². The van der Waals surface area contributed by atoms with Crippen LogP contribution in [-0.4, -0.2) is 24.8 Å². The Morgan fingerprint density at radius 1 is 1.39 bits per heavy atom. The molecule has 1 saturated carbocycles. The molecule has 0 amide bonds. The summed E-state index contributed by atoms with van der Waals surface area (Å²) in [4.78, 5) is 11.7. The molecule has 3 aliphatic rings. The molecule has 0 aromatic rings. The minimum Gasteiger partial charge on any atom is -0.348 e. The highest BCUT2D eigenvalue weighted by Gasteiger charge is 2.46.